The van der Waals surface area contributed by atoms with Gasteiger partial charge in [0.25, 0.3) is 0 Å². The molecule has 0 unspecified atom stereocenters. The van der Waals surface area contributed by atoms with Crippen LogP contribution in [0, 0.1) is 0 Å². The number of rotatable bonds is 5. The number of benzene rings is 1. The largest absolute Gasteiger partial charge is 0.497 e. The van der Waals surface area contributed by atoms with Crippen molar-refractivity contribution in [2.45, 2.75) is 39.3 Å². The van der Waals surface area contributed by atoms with E-state index in [9.17, 15) is 4.79 Å². The molecule has 106 valence electrons. The van der Waals surface area contributed by atoms with Crippen LogP contribution >= 0.6 is 0 Å². The molecule has 1 atom stereocenters. The second-order valence-electron chi connectivity index (χ2n) is 5.47. The van der Waals surface area contributed by atoms with Gasteiger partial charge in [0, 0.05) is 0 Å². The number of carbonyl (C=O) groups excluding carboxylic acids is 1. The van der Waals surface area contributed by atoms with Crippen LogP contribution in [0.25, 0.3) is 0 Å². The zero-order chi connectivity index (χ0) is 14.5. The van der Waals surface area contributed by atoms with E-state index >= 15 is 0 Å². The summed E-state index contributed by atoms with van der Waals surface area (Å²) in [7, 11) is 1.62. The van der Waals surface area contributed by atoms with E-state index in [1.807, 2.05) is 52.0 Å². The molecule has 0 heterocycles. The van der Waals surface area contributed by atoms with E-state index in [-0.39, 0.29) is 24.2 Å². The molecule has 1 rings (SSSR count). The van der Waals surface area contributed by atoms with E-state index < -0.39 is 0 Å². The predicted molar refractivity (Wildman–Crippen MR) is 75.3 cm³/mol. The average Bonchev–Trinajstić information content (AvgIpc) is 2.35. The molecular formula is C15H23NO3. The lowest BCUT2D eigenvalue weighted by atomic mass is 10.1. The van der Waals surface area contributed by atoms with Crippen molar-refractivity contribution in [2.75, 3.05) is 13.7 Å². The molecular weight excluding hydrogens is 242 g/mol. The summed E-state index contributed by atoms with van der Waals surface area (Å²) in [5.41, 5.74) is 0.694. The maximum Gasteiger partial charge on any atom is 0.246 e. The molecule has 0 fully saturated rings. The van der Waals surface area contributed by atoms with Crippen molar-refractivity contribution in [1.82, 2.24) is 5.32 Å². The van der Waals surface area contributed by atoms with Crippen molar-refractivity contribution in [3.05, 3.63) is 29.8 Å². The highest BCUT2D eigenvalue weighted by molar-refractivity contribution is 5.77. The molecule has 1 N–H and O–H groups in total. The topological polar surface area (TPSA) is 47.6 Å². The van der Waals surface area contributed by atoms with E-state index in [1.54, 1.807) is 7.11 Å². The van der Waals surface area contributed by atoms with E-state index in [2.05, 4.69) is 5.32 Å². The average molecular weight is 265 g/mol. The van der Waals surface area contributed by atoms with Crippen LogP contribution in [0.2, 0.25) is 0 Å². The van der Waals surface area contributed by atoms with Crippen molar-refractivity contribution in [3.8, 4) is 5.75 Å². The highest BCUT2D eigenvalue weighted by Crippen LogP contribution is 2.18. The number of nitrogens with one attached hydrogen (secondary N) is 1. The van der Waals surface area contributed by atoms with Gasteiger partial charge < -0.3 is 14.8 Å². The summed E-state index contributed by atoms with van der Waals surface area (Å²) in [6.45, 7) is 7.77. The van der Waals surface area contributed by atoms with Crippen LogP contribution in [0.1, 0.15) is 39.3 Å². The SMILES string of the molecule is COc1cccc([C@@H](C)NC(=O)COC(C)(C)C)c1. The Morgan fingerprint density at radius 2 is 2.05 bits per heavy atom. The van der Waals surface area contributed by atoms with Crippen molar-refractivity contribution >= 4 is 5.91 Å². The molecule has 0 aliphatic carbocycles. The second kappa shape index (κ2) is 6.57. The third kappa shape index (κ3) is 5.75. The van der Waals surface area contributed by atoms with E-state index in [0.717, 1.165) is 11.3 Å². The molecule has 0 aliphatic heterocycles. The van der Waals surface area contributed by atoms with Gasteiger partial charge in [-0.05, 0) is 45.4 Å². The normalized spacial score (nSPS) is 12.9. The van der Waals surface area contributed by atoms with Gasteiger partial charge in [0.15, 0.2) is 0 Å². The quantitative estimate of drug-likeness (QED) is 0.890. The lowest BCUT2D eigenvalue weighted by molar-refractivity contribution is -0.131. The first-order valence-electron chi connectivity index (χ1n) is 6.39. The minimum atomic E-state index is -0.309. The summed E-state index contributed by atoms with van der Waals surface area (Å²) in [5, 5.41) is 2.90. The van der Waals surface area contributed by atoms with Crippen molar-refractivity contribution in [3.63, 3.8) is 0 Å². The van der Waals surface area contributed by atoms with E-state index in [1.165, 1.54) is 0 Å². The van der Waals surface area contributed by atoms with E-state index in [4.69, 9.17) is 9.47 Å². The smallest absolute Gasteiger partial charge is 0.246 e. The van der Waals surface area contributed by atoms with Crippen LogP contribution in [0.4, 0.5) is 0 Å². The number of hydrogen-bond donors (Lipinski definition) is 1. The highest BCUT2D eigenvalue weighted by Gasteiger charge is 2.15. The molecule has 0 saturated heterocycles. The summed E-state index contributed by atoms with van der Waals surface area (Å²) in [5.74, 6) is 0.662. The van der Waals surface area contributed by atoms with Gasteiger partial charge in [-0.25, -0.2) is 0 Å². The second-order valence-corrected chi connectivity index (χ2v) is 5.47. The number of methoxy groups -OCH3 is 1. The van der Waals surface area contributed by atoms with Gasteiger partial charge >= 0.3 is 0 Å². The predicted octanol–water partition coefficient (Wildman–Crippen LogP) is 2.69. The Balaban J connectivity index is 2.54. The zero-order valence-electron chi connectivity index (χ0n) is 12.3. The molecule has 4 heteroatoms. The Hall–Kier alpha value is -1.55. The van der Waals surface area contributed by atoms with Gasteiger partial charge in [-0.1, -0.05) is 12.1 Å². The van der Waals surface area contributed by atoms with Crippen LogP contribution in [-0.2, 0) is 9.53 Å². The lowest BCUT2D eigenvalue weighted by Gasteiger charge is -2.20. The fourth-order valence-corrected chi connectivity index (χ4v) is 1.56. The lowest BCUT2D eigenvalue weighted by Crippen LogP contribution is -2.33. The third-order valence-electron chi connectivity index (χ3n) is 2.61. The van der Waals surface area contributed by atoms with Gasteiger partial charge in [-0.15, -0.1) is 0 Å². The van der Waals surface area contributed by atoms with Crippen molar-refractivity contribution in [1.29, 1.82) is 0 Å². The molecule has 4 nitrogen and oxygen atoms in total. The number of hydrogen-bond acceptors (Lipinski definition) is 3. The Morgan fingerprint density at radius 1 is 1.37 bits per heavy atom. The number of amides is 1. The standard InChI is InChI=1S/C15H23NO3/c1-11(12-7-6-8-13(9-12)18-5)16-14(17)10-19-15(2,3)4/h6-9,11H,10H2,1-5H3,(H,16,17)/t11-/m1/s1. The summed E-state index contributed by atoms with van der Waals surface area (Å²) in [6, 6.07) is 7.57. The maximum atomic E-state index is 11.8. The summed E-state index contributed by atoms with van der Waals surface area (Å²) in [4.78, 5) is 11.8. The molecule has 0 radical (unpaired) electrons. The molecule has 0 bridgehead atoms. The van der Waals surface area contributed by atoms with Crippen molar-refractivity contribution < 1.29 is 14.3 Å². The molecule has 1 aromatic rings. The molecule has 1 aromatic carbocycles. The fraction of sp³-hybridized carbons (Fsp3) is 0.533. The Labute approximate surface area is 115 Å². The van der Waals surface area contributed by atoms with Crippen molar-refractivity contribution in [2.24, 2.45) is 0 Å². The summed E-state index contributed by atoms with van der Waals surface area (Å²) < 4.78 is 10.6. The summed E-state index contributed by atoms with van der Waals surface area (Å²) in [6.07, 6.45) is 0. The fourth-order valence-electron chi connectivity index (χ4n) is 1.56. The Kier molecular flexibility index (Phi) is 5.36. The third-order valence-corrected chi connectivity index (χ3v) is 2.61. The van der Waals surface area contributed by atoms with Crippen LogP contribution in [0.15, 0.2) is 24.3 Å². The first-order valence-corrected chi connectivity index (χ1v) is 6.39. The van der Waals surface area contributed by atoms with Crippen LogP contribution in [0.3, 0.4) is 0 Å². The Bertz CT molecular complexity index is 424. The van der Waals surface area contributed by atoms with Gasteiger partial charge in [0.1, 0.15) is 12.4 Å². The van der Waals surface area contributed by atoms with Gasteiger partial charge in [-0.3, -0.25) is 4.79 Å². The van der Waals surface area contributed by atoms with Gasteiger partial charge in [0.2, 0.25) is 5.91 Å². The minimum absolute atomic E-state index is 0.0673. The number of carbonyl (C=O) groups is 1. The first-order chi connectivity index (χ1) is 8.81. The highest BCUT2D eigenvalue weighted by atomic mass is 16.5. The van der Waals surface area contributed by atoms with Gasteiger partial charge in [0.05, 0.1) is 18.8 Å². The van der Waals surface area contributed by atoms with E-state index in [0.29, 0.717) is 0 Å². The Morgan fingerprint density at radius 3 is 2.63 bits per heavy atom. The molecule has 0 saturated carbocycles. The number of ether oxygens (including phenoxy) is 2. The maximum absolute atomic E-state index is 11.8. The van der Waals surface area contributed by atoms with Crippen LogP contribution in [-0.4, -0.2) is 25.2 Å². The molecule has 19 heavy (non-hydrogen) atoms. The summed E-state index contributed by atoms with van der Waals surface area (Å²) >= 11 is 0. The van der Waals surface area contributed by atoms with Crippen LogP contribution in [0.5, 0.6) is 5.75 Å². The van der Waals surface area contributed by atoms with Gasteiger partial charge in [-0.2, -0.15) is 0 Å². The monoisotopic (exact) mass is 265 g/mol. The molecule has 0 aliphatic rings. The first kappa shape index (κ1) is 15.5. The van der Waals surface area contributed by atoms with Crippen LogP contribution < -0.4 is 10.1 Å². The minimum Gasteiger partial charge on any atom is -0.497 e. The zero-order valence-corrected chi connectivity index (χ0v) is 12.3. The molecule has 1 amide bonds. The molecule has 0 aromatic heterocycles. The molecule has 0 spiro atoms.